The Morgan fingerprint density at radius 3 is 3.14 bits per heavy atom. The lowest BCUT2D eigenvalue weighted by Crippen LogP contribution is -2.01. The van der Waals surface area contributed by atoms with Gasteiger partial charge in [-0.1, -0.05) is 0 Å². The van der Waals surface area contributed by atoms with E-state index in [9.17, 15) is 4.79 Å². The van der Waals surface area contributed by atoms with Gasteiger partial charge in [0.05, 0.1) is 12.7 Å². The van der Waals surface area contributed by atoms with Gasteiger partial charge in [-0.05, 0) is 12.1 Å². The van der Waals surface area contributed by atoms with E-state index >= 15 is 0 Å². The fourth-order valence-electron chi connectivity index (χ4n) is 1.74. The Bertz CT molecular complexity index is 542. The third kappa shape index (κ3) is 0.797. The van der Waals surface area contributed by atoms with Crippen LogP contribution in [0.5, 0.6) is 5.75 Å². The van der Waals surface area contributed by atoms with Crippen LogP contribution in [0.25, 0.3) is 11.0 Å². The lowest BCUT2D eigenvalue weighted by atomic mass is 10.1. The first-order valence-electron chi connectivity index (χ1n) is 4.25. The van der Waals surface area contributed by atoms with E-state index in [1.807, 2.05) is 12.1 Å². The summed E-state index contributed by atoms with van der Waals surface area (Å²) in [6.07, 6.45) is 1.86. The van der Waals surface area contributed by atoms with Crippen molar-refractivity contribution in [3.05, 3.63) is 24.0 Å². The predicted molar refractivity (Wildman–Crippen MR) is 50.0 cm³/mol. The van der Waals surface area contributed by atoms with Crippen molar-refractivity contribution in [3.63, 3.8) is 0 Å². The van der Waals surface area contributed by atoms with E-state index in [2.05, 4.69) is 0 Å². The van der Waals surface area contributed by atoms with Crippen molar-refractivity contribution in [1.82, 2.24) is 0 Å². The number of carbonyl (C=O) groups is 1. The average Bonchev–Trinajstić information content (AvgIpc) is 2.71. The molecule has 0 saturated carbocycles. The number of benzene rings is 1. The summed E-state index contributed by atoms with van der Waals surface area (Å²) >= 11 is 0. The highest BCUT2D eigenvalue weighted by Gasteiger charge is 2.25. The van der Waals surface area contributed by atoms with Crippen LogP contribution in [0.15, 0.2) is 22.8 Å². The van der Waals surface area contributed by atoms with E-state index in [0.29, 0.717) is 23.4 Å². The molecule has 3 rings (SSSR count). The molecule has 1 aliphatic rings. The zero-order chi connectivity index (χ0) is 9.71. The fraction of sp³-hybridized carbons (Fsp3) is 0.100. The largest absolute Gasteiger partial charge is 0.462 e. The van der Waals surface area contributed by atoms with Gasteiger partial charge >= 0.3 is 5.97 Å². The van der Waals surface area contributed by atoms with Crippen LogP contribution in [0.4, 0.5) is 5.69 Å². The van der Waals surface area contributed by atoms with Crippen LogP contribution in [0, 0.1) is 0 Å². The molecule has 0 aliphatic carbocycles. The number of ether oxygens (including phenoxy) is 1. The number of rotatable bonds is 0. The number of hydrogen-bond donors (Lipinski definition) is 1. The van der Waals surface area contributed by atoms with Gasteiger partial charge in [-0.3, -0.25) is 4.79 Å². The van der Waals surface area contributed by atoms with E-state index in [4.69, 9.17) is 14.9 Å². The summed E-state index contributed by atoms with van der Waals surface area (Å²) in [4.78, 5) is 11.0. The summed E-state index contributed by atoms with van der Waals surface area (Å²) in [5, 5.41) is 0.902. The van der Waals surface area contributed by atoms with Gasteiger partial charge in [-0.15, -0.1) is 0 Å². The Balaban J connectivity index is 2.40. The zero-order valence-electron chi connectivity index (χ0n) is 7.24. The van der Waals surface area contributed by atoms with Crippen LogP contribution in [-0.2, 0) is 11.2 Å². The van der Waals surface area contributed by atoms with Gasteiger partial charge in [0.15, 0.2) is 11.3 Å². The van der Waals surface area contributed by atoms with E-state index in [1.54, 1.807) is 6.26 Å². The predicted octanol–water partition coefficient (Wildman–Crippen LogP) is 1.48. The lowest BCUT2D eigenvalue weighted by Gasteiger charge is -2.01. The Kier molecular flexibility index (Phi) is 1.21. The number of carbonyl (C=O) groups excluding carboxylic acids is 1. The van der Waals surface area contributed by atoms with Crippen molar-refractivity contribution in [2.75, 3.05) is 5.73 Å². The number of esters is 1. The maximum atomic E-state index is 11.0. The molecule has 0 fully saturated rings. The zero-order valence-corrected chi connectivity index (χ0v) is 7.24. The van der Waals surface area contributed by atoms with Gasteiger partial charge in [0.2, 0.25) is 0 Å². The Hall–Kier alpha value is -1.97. The van der Waals surface area contributed by atoms with Gasteiger partial charge in [-0.2, -0.15) is 0 Å². The maximum Gasteiger partial charge on any atom is 0.315 e. The molecular formula is C10H7NO3. The molecule has 4 nitrogen and oxygen atoms in total. The monoisotopic (exact) mass is 189 g/mol. The smallest absolute Gasteiger partial charge is 0.315 e. The second-order valence-corrected chi connectivity index (χ2v) is 3.27. The van der Waals surface area contributed by atoms with E-state index in [-0.39, 0.29) is 5.97 Å². The number of hydrogen-bond acceptors (Lipinski definition) is 4. The number of anilines is 1. The molecule has 0 bridgehead atoms. The van der Waals surface area contributed by atoms with Crippen molar-refractivity contribution in [2.45, 2.75) is 6.42 Å². The first-order chi connectivity index (χ1) is 6.75. The highest BCUT2D eigenvalue weighted by Crippen LogP contribution is 2.38. The molecule has 1 aromatic carbocycles. The quantitative estimate of drug-likeness (QED) is 0.387. The second kappa shape index (κ2) is 2.29. The highest BCUT2D eigenvalue weighted by molar-refractivity contribution is 5.97. The van der Waals surface area contributed by atoms with E-state index in [0.717, 1.165) is 10.9 Å². The summed E-state index contributed by atoms with van der Waals surface area (Å²) in [6.45, 7) is 0. The molecule has 2 aromatic rings. The minimum Gasteiger partial charge on any atom is -0.462 e. The molecule has 1 aliphatic heterocycles. The molecule has 0 saturated heterocycles. The molecule has 2 heterocycles. The minimum atomic E-state index is -0.264. The topological polar surface area (TPSA) is 65.5 Å². The summed E-state index contributed by atoms with van der Waals surface area (Å²) in [6, 6.07) is 3.68. The Labute approximate surface area is 79.2 Å². The standard InChI is InChI=1S/C10H7NO3/c11-8-9-5(1-2-13-9)3-6-4-7(12)14-10(6)8/h1-3H,4,11H2. The molecular weight excluding hydrogens is 182 g/mol. The summed E-state index contributed by atoms with van der Waals surface area (Å²) < 4.78 is 10.2. The molecule has 0 unspecified atom stereocenters. The first-order valence-corrected chi connectivity index (χ1v) is 4.25. The van der Waals surface area contributed by atoms with Gasteiger partial charge in [0, 0.05) is 10.9 Å². The number of fused-ring (bicyclic) bond motifs is 2. The Morgan fingerprint density at radius 1 is 1.43 bits per heavy atom. The molecule has 0 radical (unpaired) electrons. The van der Waals surface area contributed by atoms with Gasteiger partial charge in [0.1, 0.15) is 5.69 Å². The molecule has 0 atom stereocenters. The normalized spacial score (nSPS) is 14.4. The van der Waals surface area contributed by atoms with Crippen LogP contribution in [0.3, 0.4) is 0 Å². The van der Waals surface area contributed by atoms with Gasteiger partial charge in [-0.25, -0.2) is 0 Å². The third-order valence-corrected chi connectivity index (χ3v) is 2.36. The van der Waals surface area contributed by atoms with Crippen LogP contribution >= 0.6 is 0 Å². The minimum absolute atomic E-state index is 0.264. The summed E-state index contributed by atoms with van der Waals surface area (Å²) in [7, 11) is 0. The molecule has 0 amide bonds. The second-order valence-electron chi connectivity index (χ2n) is 3.27. The molecule has 0 spiro atoms. The number of furan rings is 1. The maximum absolute atomic E-state index is 11.0. The van der Waals surface area contributed by atoms with Crippen LogP contribution < -0.4 is 10.5 Å². The number of nitrogens with two attached hydrogens (primary N) is 1. The molecule has 1 aromatic heterocycles. The summed E-state index contributed by atoms with van der Waals surface area (Å²) in [5.74, 6) is 0.191. The lowest BCUT2D eigenvalue weighted by molar-refractivity contribution is -0.131. The number of nitrogen functional groups attached to an aromatic ring is 1. The van der Waals surface area contributed by atoms with Gasteiger partial charge in [0.25, 0.3) is 0 Å². The van der Waals surface area contributed by atoms with Crippen LogP contribution in [0.1, 0.15) is 5.56 Å². The van der Waals surface area contributed by atoms with Crippen LogP contribution in [-0.4, -0.2) is 5.97 Å². The Morgan fingerprint density at radius 2 is 2.29 bits per heavy atom. The van der Waals surface area contributed by atoms with Gasteiger partial charge < -0.3 is 14.9 Å². The SMILES string of the molecule is Nc1c2c(cc3ccoc13)CC(=O)O2. The third-order valence-electron chi connectivity index (χ3n) is 2.36. The fourth-order valence-corrected chi connectivity index (χ4v) is 1.74. The van der Waals surface area contributed by atoms with Crippen molar-refractivity contribution >= 4 is 22.6 Å². The highest BCUT2D eigenvalue weighted by atomic mass is 16.5. The molecule has 2 N–H and O–H groups in total. The van der Waals surface area contributed by atoms with E-state index < -0.39 is 0 Å². The average molecular weight is 189 g/mol. The van der Waals surface area contributed by atoms with Crippen LogP contribution in [0.2, 0.25) is 0 Å². The van der Waals surface area contributed by atoms with Crippen molar-refractivity contribution in [2.24, 2.45) is 0 Å². The summed E-state index contributed by atoms with van der Waals surface area (Å²) in [5.41, 5.74) is 7.63. The molecule has 4 heteroatoms. The first kappa shape index (κ1) is 7.44. The van der Waals surface area contributed by atoms with Crippen molar-refractivity contribution < 1.29 is 13.9 Å². The van der Waals surface area contributed by atoms with Crippen molar-refractivity contribution in [1.29, 1.82) is 0 Å². The van der Waals surface area contributed by atoms with E-state index in [1.165, 1.54) is 0 Å². The molecule has 14 heavy (non-hydrogen) atoms. The van der Waals surface area contributed by atoms with Crippen molar-refractivity contribution in [3.8, 4) is 5.75 Å². The molecule has 70 valence electrons.